The number of carbonyl (C=O) groups is 1. The van der Waals surface area contributed by atoms with E-state index >= 15 is 0 Å². The van der Waals surface area contributed by atoms with Gasteiger partial charge in [-0.1, -0.05) is 41.4 Å². The highest BCUT2D eigenvalue weighted by Gasteiger charge is 2.10. The van der Waals surface area contributed by atoms with Crippen molar-refractivity contribution in [3.63, 3.8) is 0 Å². The van der Waals surface area contributed by atoms with E-state index in [2.05, 4.69) is 0 Å². The Morgan fingerprint density at radius 1 is 1.11 bits per heavy atom. The van der Waals surface area contributed by atoms with Gasteiger partial charge < -0.3 is 9.84 Å². The van der Waals surface area contributed by atoms with E-state index in [1.807, 2.05) is 18.2 Å². The van der Waals surface area contributed by atoms with Gasteiger partial charge in [0.25, 0.3) is 0 Å². The van der Waals surface area contributed by atoms with Gasteiger partial charge in [0.15, 0.2) is 0 Å². The van der Waals surface area contributed by atoms with Gasteiger partial charge in [0.2, 0.25) is 0 Å². The summed E-state index contributed by atoms with van der Waals surface area (Å²) in [5.74, 6) is -0.657. The number of carboxylic acids is 1. The zero-order valence-corrected chi connectivity index (χ0v) is 11.3. The molecule has 0 saturated carbocycles. The lowest BCUT2D eigenvalue weighted by Gasteiger charge is -2.09. The topological polar surface area (TPSA) is 46.5 Å². The summed E-state index contributed by atoms with van der Waals surface area (Å²) in [5.41, 5.74) is 0.842. The summed E-state index contributed by atoms with van der Waals surface area (Å²) in [6.07, 6.45) is 0. The monoisotopic (exact) mass is 296 g/mol. The second-order valence-corrected chi connectivity index (χ2v) is 4.64. The average molecular weight is 297 g/mol. The fraction of sp³-hybridized carbons (Fsp3) is 0.0714. The Kier molecular flexibility index (Phi) is 4.30. The van der Waals surface area contributed by atoms with E-state index in [4.69, 9.17) is 33.0 Å². The lowest BCUT2D eigenvalue weighted by atomic mass is 10.2. The van der Waals surface area contributed by atoms with E-state index in [9.17, 15) is 4.79 Å². The lowest BCUT2D eigenvalue weighted by molar-refractivity contribution is 0.0696. The third kappa shape index (κ3) is 3.40. The molecule has 5 heteroatoms. The van der Waals surface area contributed by atoms with E-state index in [1.54, 1.807) is 12.1 Å². The van der Waals surface area contributed by atoms with Gasteiger partial charge in [-0.05, 0) is 24.3 Å². The Balaban J connectivity index is 2.14. The van der Waals surface area contributed by atoms with Crippen LogP contribution in [0.5, 0.6) is 5.75 Å². The molecule has 19 heavy (non-hydrogen) atoms. The second kappa shape index (κ2) is 5.95. The third-order valence-corrected chi connectivity index (χ3v) is 3.22. The molecule has 2 aromatic rings. The van der Waals surface area contributed by atoms with Gasteiger partial charge in [0.1, 0.15) is 12.4 Å². The first-order chi connectivity index (χ1) is 9.08. The molecule has 0 saturated heterocycles. The minimum absolute atomic E-state index is 0.0123. The van der Waals surface area contributed by atoms with Crippen LogP contribution in [0.3, 0.4) is 0 Å². The van der Waals surface area contributed by atoms with Crippen molar-refractivity contribution in [2.75, 3.05) is 0 Å². The van der Waals surface area contributed by atoms with Crippen LogP contribution < -0.4 is 4.74 Å². The molecule has 0 amide bonds. The van der Waals surface area contributed by atoms with Gasteiger partial charge in [0, 0.05) is 10.6 Å². The molecule has 98 valence electrons. The number of benzene rings is 2. The van der Waals surface area contributed by atoms with Crippen LogP contribution in [0.2, 0.25) is 10.0 Å². The minimum Gasteiger partial charge on any atom is -0.489 e. The van der Waals surface area contributed by atoms with Crippen molar-refractivity contribution in [1.29, 1.82) is 0 Å². The molecule has 0 aliphatic rings. The van der Waals surface area contributed by atoms with Gasteiger partial charge in [-0.15, -0.1) is 0 Å². The van der Waals surface area contributed by atoms with Crippen LogP contribution >= 0.6 is 23.2 Å². The summed E-state index contributed by atoms with van der Waals surface area (Å²) in [6, 6.07) is 11.8. The van der Waals surface area contributed by atoms with Crippen LogP contribution in [0.1, 0.15) is 15.9 Å². The van der Waals surface area contributed by atoms with Gasteiger partial charge >= 0.3 is 5.97 Å². The lowest BCUT2D eigenvalue weighted by Crippen LogP contribution is -2.00. The summed E-state index contributed by atoms with van der Waals surface area (Å²) >= 11 is 11.8. The van der Waals surface area contributed by atoms with Gasteiger partial charge in [-0.3, -0.25) is 0 Å². The molecule has 0 bridgehead atoms. The van der Waals surface area contributed by atoms with Crippen molar-refractivity contribution in [3.8, 4) is 5.75 Å². The molecule has 0 heterocycles. The molecule has 0 atom stereocenters. The molecule has 0 unspecified atom stereocenters. The van der Waals surface area contributed by atoms with Crippen LogP contribution in [0.4, 0.5) is 0 Å². The van der Waals surface area contributed by atoms with Gasteiger partial charge in [-0.25, -0.2) is 4.79 Å². The van der Waals surface area contributed by atoms with Gasteiger partial charge in [0.05, 0.1) is 10.6 Å². The van der Waals surface area contributed by atoms with Crippen molar-refractivity contribution < 1.29 is 14.6 Å². The zero-order valence-electron chi connectivity index (χ0n) is 9.77. The summed E-state index contributed by atoms with van der Waals surface area (Å²) in [4.78, 5) is 10.9. The SMILES string of the molecule is O=C(O)c1cc(OCc2ccccc2Cl)ccc1Cl. The summed E-state index contributed by atoms with van der Waals surface area (Å²) in [7, 11) is 0. The van der Waals surface area contributed by atoms with Crippen LogP contribution in [-0.4, -0.2) is 11.1 Å². The van der Waals surface area contributed by atoms with Crippen LogP contribution in [0.25, 0.3) is 0 Å². The number of aromatic carboxylic acids is 1. The van der Waals surface area contributed by atoms with Crippen molar-refractivity contribution >= 4 is 29.2 Å². The standard InChI is InChI=1S/C14H10Cl2O3/c15-12-4-2-1-3-9(12)8-19-10-5-6-13(16)11(7-10)14(17)18/h1-7H,8H2,(H,17,18). The Bertz CT molecular complexity index is 611. The van der Waals surface area contributed by atoms with E-state index in [1.165, 1.54) is 12.1 Å². The number of carboxylic acid groups (broad SMARTS) is 1. The predicted molar refractivity (Wildman–Crippen MR) is 74.2 cm³/mol. The summed E-state index contributed by atoms with van der Waals surface area (Å²) in [5, 5.41) is 9.74. The second-order valence-electron chi connectivity index (χ2n) is 3.83. The molecule has 3 nitrogen and oxygen atoms in total. The molecule has 2 rings (SSSR count). The molecule has 0 fully saturated rings. The van der Waals surface area contributed by atoms with E-state index < -0.39 is 5.97 Å². The van der Waals surface area contributed by atoms with Crippen molar-refractivity contribution in [2.45, 2.75) is 6.61 Å². The molecule has 0 spiro atoms. The summed E-state index contributed by atoms with van der Waals surface area (Å²) < 4.78 is 5.51. The highest BCUT2D eigenvalue weighted by atomic mass is 35.5. The molecule has 0 radical (unpaired) electrons. The van der Waals surface area contributed by atoms with Crippen LogP contribution in [0, 0.1) is 0 Å². The first-order valence-electron chi connectivity index (χ1n) is 5.47. The van der Waals surface area contributed by atoms with E-state index in [-0.39, 0.29) is 17.2 Å². The molecule has 0 aromatic heterocycles. The van der Waals surface area contributed by atoms with Crippen LogP contribution in [0.15, 0.2) is 42.5 Å². The number of hydrogen-bond acceptors (Lipinski definition) is 2. The number of halogens is 2. The summed E-state index contributed by atoms with van der Waals surface area (Å²) in [6.45, 7) is 0.264. The Hall–Kier alpha value is -1.71. The van der Waals surface area contributed by atoms with E-state index in [0.29, 0.717) is 10.8 Å². The first kappa shape index (κ1) is 13.7. The number of hydrogen-bond donors (Lipinski definition) is 1. The highest BCUT2D eigenvalue weighted by Crippen LogP contribution is 2.24. The van der Waals surface area contributed by atoms with Crippen molar-refractivity contribution in [3.05, 3.63) is 63.6 Å². The largest absolute Gasteiger partial charge is 0.489 e. The quantitative estimate of drug-likeness (QED) is 0.916. The molecule has 0 aliphatic heterocycles. The maximum Gasteiger partial charge on any atom is 0.337 e. The Morgan fingerprint density at radius 3 is 2.53 bits per heavy atom. The smallest absolute Gasteiger partial charge is 0.337 e. The van der Waals surface area contributed by atoms with Crippen molar-refractivity contribution in [2.24, 2.45) is 0 Å². The zero-order chi connectivity index (χ0) is 13.8. The molecular weight excluding hydrogens is 287 g/mol. The number of rotatable bonds is 4. The van der Waals surface area contributed by atoms with Gasteiger partial charge in [-0.2, -0.15) is 0 Å². The fourth-order valence-electron chi connectivity index (χ4n) is 1.53. The fourth-order valence-corrected chi connectivity index (χ4v) is 1.92. The Labute approximate surface area is 120 Å². The molecule has 0 aliphatic carbocycles. The van der Waals surface area contributed by atoms with Crippen LogP contribution in [-0.2, 0) is 6.61 Å². The normalized spacial score (nSPS) is 10.2. The maximum absolute atomic E-state index is 10.9. The first-order valence-corrected chi connectivity index (χ1v) is 6.22. The Morgan fingerprint density at radius 2 is 1.84 bits per heavy atom. The average Bonchev–Trinajstić information content (AvgIpc) is 2.39. The maximum atomic E-state index is 10.9. The molecule has 2 aromatic carbocycles. The van der Waals surface area contributed by atoms with Crippen molar-refractivity contribution in [1.82, 2.24) is 0 Å². The third-order valence-electron chi connectivity index (χ3n) is 2.52. The van der Waals surface area contributed by atoms with E-state index in [0.717, 1.165) is 5.56 Å². The highest BCUT2D eigenvalue weighted by molar-refractivity contribution is 6.33. The molecule has 1 N–H and O–H groups in total. The molecular formula is C14H10Cl2O3. The number of ether oxygens (including phenoxy) is 1. The minimum atomic E-state index is -1.09. The predicted octanol–water partition coefficient (Wildman–Crippen LogP) is 4.27.